The van der Waals surface area contributed by atoms with Crippen LogP contribution >= 0.6 is 0 Å². The minimum atomic E-state index is -0.991. The normalized spacial score (nSPS) is 22.6. The average Bonchev–Trinajstić information content (AvgIpc) is 3.35. The molecule has 0 aliphatic heterocycles. The Hall–Kier alpha value is -6.48. The molecule has 0 amide bonds. The van der Waals surface area contributed by atoms with E-state index in [1.165, 1.54) is 57.4 Å². The van der Waals surface area contributed by atoms with Gasteiger partial charge in [0, 0.05) is 34.8 Å². The Morgan fingerprint density at radius 3 is 1.87 bits per heavy atom. The molecular weight excluding hydrogens is 861 g/mol. The molecule has 3 aromatic carbocycles. The number of ether oxygens (including phenoxy) is 4. The fourth-order valence-corrected chi connectivity index (χ4v) is 10.3. The van der Waals surface area contributed by atoms with Crippen molar-refractivity contribution in [3.63, 3.8) is 0 Å². The highest BCUT2D eigenvalue weighted by molar-refractivity contribution is 5.91. The Morgan fingerprint density at radius 1 is 0.739 bits per heavy atom. The minimum Gasteiger partial charge on any atom is -0.462 e. The van der Waals surface area contributed by atoms with E-state index in [4.69, 9.17) is 31.8 Å². The third kappa shape index (κ3) is 15.3. The lowest BCUT2D eigenvalue weighted by Gasteiger charge is -2.41. The number of hydrogen-bond donors (Lipinski definition) is 0. The summed E-state index contributed by atoms with van der Waals surface area (Å²) in [7, 11) is 0. The molecule has 0 spiro atoms. The molecule has 3 aliphatic rings. The lowest BCUT2D eigenvalue weighted by Crippen LogP contribution is -2.40. The van der Waals surface area contributed by atoms with Gasteiger partial charge in [-0.25, -0.2) is 9.59 Å². The highest BCUT2D eigenvalue weighted by Crippen LogP contribution is 2.45. The molecule has 1 unspecified atom stereocenters. The highest BCUT2D eigenvalue weighted by atomic mass is 16.6. The van der Waals surface area contributed by atoms with Crippen LogP contribution < -0.4 is 4.74 Å². The predicted molar refractivity (Wildman–Crippen MR) is 269 cm³/mol. The van der Waals surface area contributed by atoms with Gasteiger partial charge in [0.2, 0.25) is 0 Å². The molecule has 3 aromatic rings. The van der Waals surface area contributed by atoms with Gasteiger partial charge in [-0.05, 0) is 175 Å². The maximum atomic E-state index is 14.1. The van der Waals surface area contributed by atoms with E-state index >= 15 is 0 Å². The van der Waals surface area contributed by atoms with E-state index in [0.29, 0.717) is 56.8 Å². The number of benzene rings is 3. The van der Waals surface area contributed by atoms with Crippen molar-refractivity contribution < 1.29 is 38.1 Å². The monoisotopic (exact) mass is 928 g/mol. The van der Waals surface area contributed by atoms with E-state index in [1.807, 2.05) is 48.5 Å². The van der Waals surface area contributed by atoms with Crippen molar-refractivity contribution in [3.8, 4) is 54.1 Å². The molecule has 3 fully saturated rings. The molecule has 3 saturated carbocycles. The third-order valence-corrected chi connectivity index (χ3v) is 14.2. The van der Waals surface area contributed by atoms with Crippen LogP contribution in [0.1, 0.15) is 175 Å². The van der Waals surface area contributed by atoms with Crippen molar-refractivity contribution in [1.29, 1.82) is 0 Å². The number of unbranched alkanes of at least 4 members (excludes halogenated alkanes) is 2. The Bertz CT molecular complexity index is 2490. The summed E-state index contributed by atoms with van der Waals surface area (Å²) in [6.45, 7) is 11.0. The third-order valence-electron chi connectivity index (χ3n) is 14.2. The average molecular weight is 929 g/mol. The minimum absolute atomic E-state index is 0.180. The number of rotatable bonds is 15. The van der Waals surface area contributed by atoms with Gasteiger partial charge in [-0.3, -0.25) is 9.59 Å². The summed E-state index contributed by atoms with van der Waals surface area (Å²) in [5.41, 5.74) is 2.01. The Balaban J connectivity index is 1.08. The van der Waals surface area contributed by atoms with Crippen LogP contribution in [-0.2, 0) is 28.6 Å². The van der Waals surface area contributed by atoms with E-state index < -0.39 is 41.1 Å². The van der Waals surface area contributed by atoms with Gasteiger partial charge in [-0.2, -0.15) is 0 Å². The number of carbonyl (C=O) groups excluding carboxylic acids is 4. The number of carbonyl (C=O) groups is 4. The van der Waals surface area contributed by atoms with Crippen molar-refractivity contribution in [2.45, 2.75) is 154 Å². The van der Waals surface area contributed by atoms with Crippen LogP contribution in [0.3, 0.4) is 0 Å². The first kappa shape index (κ1) is 51.9. The number of esters is 4. The molecule has 8 nitrogen and oxygen atoms in total. The molecule has 3 aliphatic carbocycles. The molecule has 0 N–H and O–H groups in total. The van der Waals surface area contributed by atoms with Gasteiger partial charge in [0.1, 0.15) is 17.5 Å². The van der Waals surface area contributed by atoms with Gasteiger partial charge in [0.15, 0.2) is 5.60 Å². The zero-order chi connectivity index (χ0) is 49.4. The Kier molecular flexibility index (Phi) is 18.6. The summed E-state index contributed by atoms with van der Waals surface area (Å²) >= 11 is 0. The molecule has 0 saturated heterocycles. The van der Waals surface area contributed by atoms with Crippen molar-refractivity contribution >= 4 is 23.9 Å². The second kappa shape index (κ2) is 24.7. The van der Waals surface area contributed by atoms with E-state index in [2.05, 4.69) is 49.0 Å². The maximum Gasteiger partial charge on any atom is 0.339 e. The van der Waals surface area contributed by atoms with Gasteiger partial charge in [0.05, 0.1) is 23.0 Å². The Morgan fingerprint density at radius 2 is 1.30 bits per heavy atom. The zero-order valence-electron chi connectivity index (χ0n) is 41.0. The second-order valence-electron chi connectivity index (χ2n) is 20.0. The highest BCUT2D eigenvalue weighted by Gasteiger charge is 2.41. The van der Waals surface area contributed by atoms with Crippen LogP contribution in [0.25, 0.3) is 0 Å². The molecule has 0 aromatic heterocycles. The molecule has 0 radical (unpaired) electrons. The van der Waals surface area contributed by atoms with Crippen LogP contribution in [0.4, 0.5) is 0 Å². The molecule has 69 heavy (non-hydrogen) atoms. The molecule has 360 valence electrons. The maximum absolute atomic E-state index is 14.1. The zero-order valence-corrected chi connectivity index (χ0v) is 41.0. The quantitative estimate of drug-likeness (QED) is 0.0371. The molecular formula is C61H68O8. The van der Waals surface area contributed by atoms with Crippen molar-refractivity contribution in [2.75, 3.05) is 0 Å². The van der Waals surface area contributed by atoms with Gasteiger partial charge >= 0.3 is 23.9 Å². The summed E-state index contributed by atoms with van der Waals surface area (Å²) in [5, 5.41) is 0. The van der Waals surface area contributed by atoms with E-state index in [0.717, 1.165) is 47.1 Å². The lowest BCUT2D eigenvalue weighted by molar-refractivity contribution is -0.162. The number of terminal acetylenes is 2. The van der Waals surface area contributed by atoms with Crippen LogP contribution in [0.2, 0.25) is 0 Å². The summed E-state index contributed by atoms with van der Waals surface area (Å²) < 4.78 is 23.4. The standard InChI is InChI=1S/C61H68O8/c1-8-12-13-14-45-25-27-50(28-26-45)51-36-39-61(40-37-51,38-35-48-23-21-47(22-24-48)20-19-46-17-15-44(9-2)16-18-46)69-59(65)54-33-34-55(49(10-3)41-54)67-58(64)53-31-29-52(30-32-53)57(63)66-43(5)42-60(6,7)68-56(62)11-4/h2-3,11,15-18,21-24,33-34,41,43,45,50-53H,4,8,12-14,25-32,36-37,39-40,42H2,1,5-7H3. The van der Waals surface area contributed by atoms with Crippen LogP contribution in [0, 0.1) is 78.0 Å². The SMILES string of the molecule is C#Cc1ccc(C#Cc2ccc(C#CC3(OC(=O)c4ccc(OC(=O)C5CCC(C(=O)OC(C)CC(C)(C)OC(=O)C=C)CC5)c(C#C)c4)CCC(C4CCC(CCCCC)CC4)CC3)cc2)cc1. The van der Waals surface area contributed by atoms with Crippen LogP contribution in [0.5, 0.6) is 5.75 Å². The van der Waals surface area contributed by atoms with Gasteiger partial charge in [-0.15, -0.1) is 12.8 Å². The first-order valence-electron chi connectivity index (χ1n) is 25.0. The summed E-state index contributed by atoms with van der Waals surface area (Å²) in [6, 6.07) is 20.0. The van der Waals surface area contributed by atoms with Crippen LogP contribution in [-0.4, -0.2) is 41.2 Å². The molecule has 1 atom stereocenters. The van der Waals surface area contributed by atoms with Gasteiger partial charge < -0.3 is 18.9 Å². The smallest absolute Gasteiger partial charge is 0.339 e. The van der Waals surface area contributed by atoms with Crippen molar-refractivity contribution in [1.82, 2.24) is 0 Å². The fourth-order valence-electron chi connectivity index (χ4n) is 10.3. The Labute approximate surface area is 411 Å². The van der Waals surface area contributed by atoms with Crippen molar-refractivity contribution in [2.24, 2.45) is 29.6 Å². The largest absolute Gasteiger partial charge is 0.462 e. The van der Waals surface area contributed by atoms with E-state index in [-0.39, 0.29) is 28.8 Å². The van der Waals surface area contributed by atoms with Crippen molar-refractivity contribution in [3.05, 3.63) is 113 Å². The summed E-state index contributed by atoms with van der Waals surface area (Å²) in [4.78, 5) is 52.3. The predicted octanol–water partition coefficient (Wildman–Crippen LogP) is 12.1. The summed E-state index contributed by atoms with van der Waals surface area (Å²) in [6.07, 6.45) is 27.7. The van der Waals surface area contributed by atoms with Gasteiger partial charge in [-0.1, -0.05) is 81.6 Å². The second-order valence-corrected chi connectivity index (χ2v) is 20.0. The first-order valence-corrected chi connectivity index (χ1v) is 25.0. The van der Waals surface area contributed by atoms with Gasteiger partial charge in [0.25, 0.3) is 0 Å². The molecule has 0 bridgehead atoms. The van der Waals surface area contributed by atoms with Crippen LogP contribution in [0.15, 0.2) is 79.4 Å². The molecule has 0 heterocycles. The molecule has 6 rings (SSSR count). The fraction of sp³-hybridized carbons (Fsp3) is 0.475. The van der Waals surface area contributed by atoms with E-state index in [1.54, 1.807) is 32.9 Å². The molecule has 8 heteroatoms. The topological polar surface area (TPSA) is 105 Å². The number of hydrogen-bond acceptors (Lipinski definition) is 8. The first-order chi connectivity index (χ1) is 33.2. The van der Waals surface area contributed by atoms with E-state index in [9.17, 15) is 19.2 Å². The lowest BCUT2D eigenvalue weighted by atomic mass is 9.67. The summed E-state index contributed by atoms with van der Waals surface area (Å²) in [5.74, 6) is 18.0.